The predicted octanol–water partition coefficient (Wildman–Crippen LogP) is 3.03. The molecule has 1 saturated carbocycles. The lowest BCUT2D eigenvalue weighted by Crippen LogP contribution is -2.15. The summed E-state index contributed by atoms with van der Waals surface area (Å²) in [4.78, 5) is 0.447. The predicted molar refractivity (Wildman–Crippen MR) is 73.9 cm³/mol. The van der Waals surface area contributed by atoms with Crippen molar-refractivity contribution in [1.82, 2.24) is 0 Å². The van der Waals surface area contributed by atoms with Gasteiger partial charge in [-0.25, -0.2) is 0 Å². The van der Waals surface area contributed by atoms with Crippen LogP contribution in [0.15, 0.2) is 24.3 Å². The van der Waals surface area contributed by atoms with Crippen molar-refractivity contribution in [2.75, 3.05) is 6.61 Å². The molecule has 0 aromatic heterocycles. The molecule has 3 heteroatoms. The molecule has 0 bridgehead atoms. The molecule has 1 fully saturated rings. The molecule has 0 radical (unpaired) electrons. The number of hydrogen-bond donors (Lipinski definition) is 1. The van der Waals surface area contributed by atoms with Crippen LogP contribution in [-0.4, -0.2) is 11.6 Å². The molecule has 1 aliphatic rings. The first kappa shape index (κ1) is 12.5. The van der Waals surface area contributed by atoms with Gasteiger partial charge in [-0.1, -0.05) is 55.7 Å². The molecule has 2 rings (SSSR count). The Hall–Kier alpha value is -0.930. The summed E-state index contributed by atoms with van der Waals surface area (Å²) >= 11 is 5.02. The SMILES string of the molecule is NC(=S)c1ccccc1COCCC1CCC1. The van der Waals surface area contributed by atoms with Crippen LogP contribution in [0.3, 0.4) is 0 Å². The molecule has 1 aliphatic carbocycles. The standard InChI is InChI=1S/C14H19NOS/c15-14(17)13-7-2-1-6-12(13)10-16-9-8-11-4-3-5-11/h1-2,6-7,11H,3-5,8-10H2,(H2,15,17). The van der Waals surface area contributed by atoms with E-state index in [0.717, 1.165) is 23.7 Å². The maximum absolute atomic E-state index is 5.70. The van der Waals surface area contributed by atoms with Gasteiger partial charge >= 0.3 is 0 Å². The van der Waals surface area contributed by atoms with E-state index < -0.39 is 0 Å². The van der Waals surface area contributed by atoms with Crippen LogP contribution in [0.1, 0.15) is 36.8 Å². The van der Waals surface area contributed by atoms with Gasteiger partial charge in [0, 0.05) is 12.2 Å². The van der Waals surface area contributed by atoms with Crippen molar-refractivity contribution in [2.24, 2.45) is 11.7 Å². The van der Waals surface area contributed by atoms with Crippen molar-refractivity contribution in [2.45, 2.75) is 32.3 Å². The number of hydrogen-bond acceptors (Lipinski definition) is 2. The van der Waals surface area contributed by atoms with E-state index in [1.54, 1.807) is 0 Å². The molecule has 0 heterocycles. The fraction of sp³-hybridized carbons (Fsp3) is 0.500. The largest absolute Gasteiger partial charge is 0.389 e. The summed E-state index contributed by atoms with van der Waals surface area (Å²) in [5, 5.41) is 0. The first-order valence-electron chi connectivity index (χ1n) is 6.23. The van der Waals surface area contributed by atoms with Gasteiger partial charge in [0.1, 0.15) is 4.99 Å². The monoisotopic (exact) mass is 249 g/mol. The molecular weight excluding hydrogens is 230 g/mol. The number of rotatable bonds is 6. The van der Waals surface area contributed by atoms with Gasteiger partial charge in [-0.2, -0.15) is 0 Å². The fourth-order valence-corrected chi connectivity index (χ4v) is 2.30. The van der Waals surface area contributed by atoms with Gasteiger partial charge in [-0.3, -0.25) is 0 Å². The van der Waals surface area contributed by atoms with Gasteiger partial charge in [0.05, 0.1) is 6.61 Å². The van der Waals surface area contributed by atoms with Crippen LogP contribution in [0.4, 0.5) is 0 Å². The number of thiocarbonyl (C=S) groups is 1. The van der Waals surface area contributed by atoms with Crippen molar-refractivity contribution >= 4 is 17.2 Å². The van der Waals surface area contributed by atoms with Crippen molar-refractivity contribution in [1.29, 1.82) is 0 Å². The lowest BCUT2D eigenvalue weighted by molar-refractivity contribution is 0.0949. The molecular formula is C14H19NOS. The van der Waals surface area contributed by atoms with E-state index in [4.69, 9.17) is 22.7 Å². The molecule has 0 saturated heterocycles. The maximum atomic E-state index is 5.70. The molecule has 2 nitrogen and oxygen atoms in total. The number of benzene rings is 1. The van der Waals surface area contributed by atoms with E-state index >= 15 is 0 Å². The molecule has 17 heavy (non-hydrogen) atoms. The lowest BCUT2D eigenvalue weighted by atomic mass is 9.83. The van der Waals surface area contributed by atoms with Crippen LogP contribution in [-0.2, 0) is 11.3 Å². The molecule has 0 atom stereocenters. The summed E-state index contributed by atoms with van der Waals surface area (Å²) in [5.74, 6) is 0.904. The Morgan fingerprint density at radius 3 is 2.76 bits per heavy atom. The van der Waals surface area contributed by atoms with Gasteiger partial charge < -0.3 is 10.5 Å². The van der Waals surface area contributed by atoms with E-state index in [2.05, 4.69) is 0 Å². The van der Waals surface area contributed by atoms with E-state index in [1.165, 1.54) is 25.7 Å². The second kappa shape index (κ2) is 6.12. The second-order valence-corrected chi connectivity index (χ2v) is 5.10. The zero-order valence-corrected chi connectivity index (χ0v) is 10.8. The van der Waals surface area contributed by atoms with Crippen molar-refractivity contribution in [3.63, 3.8) is 0 Å². The second-order valence-electron chi connectivity index (χ2n) is 4.66. The summed E-state index contributed by atoms with van der Waals surface area (Å²) < 4.78 is 5.70. The van der Waals surface area contributed by atoms with Gasteiger partial charge in [-0.05, 0) is 17.9 Å². The molecule has 1 aromatic rings. The van der Waals surface area contributed by atoms with E-state index in [1.807, 2.05) is 24.3 Å². The van der Waals surface area contributed by atoms with Crippen molar-refractivity contribution in [3.05, 3.63) is 35.4 Å². The van der Waals surface area contributed by atoms with Gasteiger partial charge in [0.25, 0.3) is 0 Å². The molecule has 92 valence electrons. The zero-order chi connectivity index (χ0) is 12.1. The van der Waals surface area contributed by atoms with E-state index in [9.17, 15) is 0 Å². The van der Waals surface area contributed by atoms with Crippen LogP contribution in [0.25, 0.3) is 0 Å². The Morgan fingerprint density at radius 2 is 2.12 bits per heavy atom. The van der Waals surface area contributed by atoms with Crippen molar-refractivity contribution < 1.29 is 4.74 Å². The highest BCUT2D eigenvalue weighted by atomic mass is 32.1. The third-order valence-corrected chi connectivity index (χ3v) is 3.66. The highest BCUT2D eigenvalue weighted by Gasteiger charge is 2.16. The van der Waals surface area contributed by atoms with Gasteiger partial charge in [0.15, 0.2) is 0 Å². The number of ether oxygens (including phenoxy) is 1. The third-order valence-electron chi connectivity index (χ3n) is 3.44. The van der Waals surface area contributed by atoms with E-state index in [0.29, 0.717) is 11.6 Å². The highest BCUT2D eigenvalue weighted by molar-refractivity contribution is 7.80. The first-order valence-corrected chi connectivity index (χ1v) is 6.63. The summed E-state index contributed by atoms with van der Waals surface area (Å²) in [7, 11) is 0. The van der Waals surface area contributed by atoms with Gasteiger partial charge in [0.2, 0.25) is 0 Å². The Morgan fingerprint density at radius 1 is 1.35 bits per heavy atom. The lowest BCUT2D eigenvalue weighted by Gasteiger charge is -2.24. The van der Waals surface area contributed by atoms with Crippen LogP contribution < -0.4 is 5.73 Å². The molecule has 0 amide bonds. The minimum absolute atomic E-state index is 0.447. The van der Waals surface area contributed by atoms with Gasteiger partial charge in [-0.15, -0.1) is 0 Å². The average Bonchev–Trinajstić information content (AvgIpc) is 2.26. The summed E-state index contributed by atoms with van der Waals surface area (Å²) in [6, 6.07) is 7.92. The third kappa shape index (κ3) is 3.51. The minimum atomic E-state index is 0.447. The first-order chi connectivity index (χ1) is 8.27. The molecule has 0 aliphatic heterocycles. The normalized spacial score (nSPS) is 15.5. The molecule has 1 aromatic carbocycles. The zero-order valence-electron chi connectivity index (χ0n) is 10.0. The summed E-state index contributed by atoms with van der Waals surface area (Å²) in [6.07, 6.45) is 5.35. The maximum Gasteiger partial charge on any atom is 0.104 e. The molecule has 2 N–H and O–H groups in total. The summed E-state index contributed by atoms with van der Waals surface area (Å²) in [6.45, 7) is 1.45. The van der Waals surface area contributed by atoms with Crippen LogP contribution in [0.2, 0.25) is 0 Å². The molecule has 0 unspecified atom stereocenters. The Bertz CT molecular complexity index is 388. The van der Waals surface area contributed by atoms with E-state index in [-0.39, 0.29) is 0 Å². The highest BCUT2D eigenvalue weighted by Crippen LogP contribution is 2.29. The van der Waals surface area contributed by atoms with Crippen LogP contribution >= 0.6 is 12.2 Å². The van der Waals surface area contributed by atoms with Crippen LogP contribution in [0, 0.1) is 5.92 Å². The molecule has 0 spiro atoms. The quantitative estimate of drug-likeness (QED) is 0.622. The van der Waals surface area contributed by atoms with Crippen molar-refractivity contribution in [3.8, 4) is 0 Å². The Kier molecular flexibility index (Phi) is 4.51. The topological polar surface area (TPSA) is 35.2 Å². The Balaban J connectivity index is 1.79. The smallest absolute Gasteiger partial charge is 0.104 e. The van der Waals surface area contributed by atoms with Crippen LogP contribution in [0.5, 0.6) is 0 Å². The number of nitrogens with two attached hydrogens (primary N) is 1. The fourth-order valence-electron chi connectivity index (χ4n) is 2.10. The minimum Gasteiger partial charge on any atom is -0.389 e. The Labute approximate surface area is 108 Å². The average molecular weight is 249 g/mol. The summed E-state index contributed by atoms with van der Waals surface area (Å²) in [5.41, 5.74) is 7.70.